The molecule has 2 heterocycles. The first-order valence-electron chi connectivity index (χ1n) is 8.46. The fourth-order valence-corrected chi connectivity index (χ4v) is 3.25. The van der Waals surface area contributed by atoms with Crippen LogP contribution < -0.4 is 25.0 Å². The van der Waals surface area contributed by atoms with E-state index in [1.54, 1.807) is 29.5 Å². The Morgan fingerprint density at radius 1 is 1.15 bits per heavy atom. The van der Waals surface area contributed by atoms with E-state index >= 15 is 0 Å². The Balaban J connectivity index is 1.46. The summed E-state index contributed by atoms with van der Waals surface area (Å²) in [6.45, 7) is 3.84. The van der Waals surface area contributed by atoms with Gasteiger partial charge in [-0.15, -0.1) is 11.3 Å². The van der Waals surface area contributed by atoms with Gasteiger partial charge in [0, 0.05) is 16.6 Å². The van der Waals surface area contributed by atoms with Crippen LogP contribution in [0.5, 0.6) is 11.5 Å². The molecular formula is C18H22N3O4S+. The summed E-state index contributed by atoms with van der Waals surface area (Å²) < 4.78 is 10.6. The van der Waals surface area contributed by atoms with Crippen molar-refractivity contribution in [3.63, 3.8) is 0 Å². The Bertz CT molecular complexity index is 764. The van der Waals surface area contributed by atoms with Gasteiger partial charge < -0.3 is 25.0 Å². The lowest BCUT2D eigenvalue weighted by atomic mass is 10.2. The third-order valence-corrected chi connectivity index (χ3v) is 4.89. The van der Waals surface area contributed by atoms with Crippen LogP contribution in [-0.2, 0) is 16.1 Å². The predicted octanol–water partition coefficient (Wildman–Crippen LogP) is 0.636. The minimum absolute atomic E-state index is 0.0638. The number of carbonyl (C=O) groups excluding carboxylic acids is 2. The van der Waals surface area contributed by atoms with Crippen molar-refractivity contribution in [2.24, 2.45) is 0 Å². The van der Waals surface area contributed by atoms with Crippen LogP contribution in [0.2, 0.25) is 0 Å². The summed E-state index contributed by atoms with van der Waals surface area (Å²) in [4.78, 5) is 26.4. The lowest BCUT2D eigenvalue weighted by molar-refractivity contribution is -0.881. The van der Waals surface area contributed by atoms with Crippen LogP contribution in [0.4, 0.5) is 5.69 Å². The maximum Gasteiger partial charge on any atom is 0.279 e. The van der Waals surface area contributed by atoms with Crippen molar-refractivity contribution in [3.8, 4) is 11.5 Å². The number of amides is 2. The van der Waals surface area contributed by atoms with E-state index in [-0.39, 0.29) is 31.7 Å². The number of hydrogen-bond acceptors (Lipinski definition) is 5. The molecule has 1 unspecified atom stereocenters. The Kier molecular flexibility index (Phi) is 6.08. The van der Waals surface area contributed by atoms with Crippen molar-refractivity contribution in [3.05, 3.63) is 40.6 Å². The van der Waals surface area contributed by atoms with E-state index in [0.717, 1.165) is 9.78 Å². The molecule has 1 aliphatic heterocycles. The van der Waals surface area contributed by atoms with Crippen LogP contribution >= 0.6 is 11.3 Å². The van der Waals surface area contributed by atoms with Gasteiger partial charge in [0.1, 0.15) is 0 Å². The normalized spacial score (nSPS) is 13.3. The number of likely N-dealkylation sites (N-methyl/N-ethyl adjacent to an activating group) is 1. The quantitative estimate of drug-likeness (QED) is 0.632. The highest BCUT2D eigenvalue weighted by Gasteiger charge is 2.18. The van der Waals surface area contributed by atoms with Crippen LogP contribution in [0.15, 0.2) is 35.7 Å². The SMILES string of the molecule is CC[NH+](CC(=O)NCc1cccs1)CC(=O)Nc1ccc2c(c1)OCO2. The Labute approximate surface area is 155 Å². The molecule has 1 atom stereocenters. The second-order valence-corrected chi connectivity index (χ2v) is 6.96. The molecule has 1 aromatic carbocycles. The van der Waals surface area contributed by atoms with Gasteiger partial charge in [-0.2, -0.15) is 0 Å². The van der Waals surface area contributed by atoms with E-state index in [9.17, 15) is 9.59 Å². The molecule has 1 aromatic heterocycles. The topological polar surface area (TPSA) is 81.1 Å². The highest BCUT2D eigenvalue weighted by molar-refractivity contribution is 7.09. The van der Waals surface area contributed by atoms with Gasteiger partial charge in [-0.1, -0.05) is 6.07 Å². The van der Waals surface area contributed by atoms with Gasteiger partial charge in [-0.3, -0.25) is 9.59 Å². The maximum atomic E-state index is 12.3. The minimum atomic E-state index is -0.147. The van der Waals surface area contributed by atoms with Crippen molar-refractivity contribution in [1.29, 1.82) is 0 Å². The maximum absolute atomic E-state index is 12.3. The molecule has 0 saturated heterocycles. The van der Waals surface area contributed by atoms with Gasteiger partial charge in [-0.05, 0) is 30.5 Å². The first kappa shape index (κ1) is 18.2. The van der Waals surface area contributed by atoms with Crippen molar-refractivity contribution in [2.75, 3.05) is 31.7 Å². The molecule has 26 heavy (non-hydrogen) atoms. The number of anilines is 1. The molecule has 138 valence electrons. The summed E-state index contributed by atoms with van der Waals surface area (Å²) >= 11 is 1.61. The van der Waals surface area contributed by atoms with Crippen LogP contribution in [-0.4, -0.2) is 38.2 Å². The molecular weight excluding hydrogens is 354 g/mol. The summed E-state index contributed by atoms with van der Waals surface area (Å²) in [6, 6.07) is 9.20. The zero-order chi connectivity index (χ0) is 18.4. The fraction of sp³-hybridized carbons (Fsp3) is 0.333. The second-order valence-electron chi connectivity index (χ2n) is 5.93. The summed E-state index contributed by atoms with van der Waals surface area (Å²) in [7, 11) is 0. The van der Waals surface area contributed by atoms with Crippen LogP contribution in [0.3, 0.4) is 0 Å². The van der Waals surface area contributed by atoms with Crippen molar-refractivity contribution < 1.29 is 24.0 Å². The second kappa shape index (κ2) is 8.68. The molecule has 0 saturated carbocycles. The van der Waals surface area contributed by atoms with Crippen molar-refractivity contribution in [2.45, 2.75) is 13.5 Å². The number of carbonyl (C=O) groups is 2. The molecule has 8 heteroatoms. The molecule has 2 amide bonds. The first-order valence-corrected chi connectivity index (χ1v) is 9.34. The summed E-state index contributed by atoms with van der Waals surface area (Å²) in [5, 5.41) is 7.71. The number of hydrogen-bond donors (Lipinski definition) is 3. The molecule has 0 bridgehead atoms. The Hall–Kier alpha value is -2.58. The molecule has 0 aliphatic carbocycles. The number of fused-ring (bicyclic) bond motifs is 1. The van der Waals surface area contributed by atoms with Crippen LogP contribution in [0, 0.1) is 0 Å². The van der Waals surface area contributed by atoms with E-state index in [2.05, 4.69) is 10.6 Å². The molecule has 0 radical (unpaired) electrons. The van der Waals surface area contributed by atoms with Gasteiger partial charge in [0.05, 0.1) is 13.1 Å². The van der Waals surface area contributed by atoms with E-state index in [1.165, 1.54) is 0 Å². The Morgan fingerprint density at radius 3 is 2.73 bits per heavy atom. The van der Waals surface area contributed by atoms with Gasteiger partial charge in [0.15, 0.2) is 24.6 Å². The lowest BCUT2D eigenvalue weighted by Gasteiger charge is -2.17. The predicted molar refractivity (Wildman–Crippen MR) is 98.6 cm³/mol. The third kappa shape index (κ3) is 4.96. The molecule has 2 aromatic rings. The summed E-state index contributed by atoms with van der Waals surface area (Å²) in [5.41, 5.74) is 0.650. The molecule has 3 N–H and O–H groups in total. The number of thiophene rings is 1. The number of quaternary nitrogens is 1. The molecule has 3 rings (SSSR count). The first-order chi connectivity index (χ1) is 12.6. The largest absolute Gasteiger partial charge is 0.454 e. The number of ether oxygens (including phenoxy) is 2. The average molecular weight is 376 g/mol. The number of nitrogens with one attached hydrogen (secondary N) is 3. The molecule has 0 spiro atoms. The highest BCUT2D eigenvalue weighted by Crippen LogP contribution is 2.34. The lowest BCUT2D eigenvalue weighted by Crippen LogP contribution is -3.13. The average Bonchev–Trinajstić information content (AvgIpc) is 3.30. The number of rotatable bonds is 8. The van der Waals surface area contributed by atoms with E-state index < -0.39 is 0 Å². The van der Waals surface area contributed by atoms with Crippen LogP contribution in [0.25, 0.3) is 0 Å². The fourth-order valence-electron chi connectivity index (χ4n) is 2.61. The van der Waals surface area contributed by atoms with Gasteiger partial charge in [-0.25, -0.2) is 0 Å². The summed E-state index contributed by atoms with van der Waals surface area (Å²) in [5.74, 6) is 1.08. The monoisotopic (exact) mass is 376 g/mol. The van der Waals surface area contributed by atoms with E-state index in [1.807, 2.05) is 24.4 Å². The van der Waals surface area contributed by atoms with Gasteiger partial charge >= 0.3 is 0 Å². The van der Waals surface area contributed by atoms with Gasteiger partial charge in [0.25, 0.3) is 11.8 Å². The minimum Gasteiger partial charge on any atom is -0.454 e. The van der Waals surface area contributed by atoms with E-state index in [0.29, 0.717) is 30.3 Å². The van der Waals surface area contributed by atoms with Crippen molar-refractivity contribution in [1.82, 2.24) is 5.32 Å². The van der Waals surface area contributed by atoms with Crippen LogP contribution in [0.1, 0.15) is 11.8 Å². The smallest absolute Gasteiger partial charge is 0.279 e. The Morgan fingerprint density at radius 2 is 1.96 bits per heavy atom. The van der Waals surface area contributed by atoms with E-state index in [4.69, 9.17) is 9.47 Å². The standard InChI is InChI=1S/C18H21N3O4S/c1-2-21(10-17(22)19-9-14-4-3-7-26-14)11-18(23)20-13-5-6-15-16(8-13)25-12-24-15/h3-8H,2,9-12H2,1H3,(H,19,22)(H,20,23)/p+1. The highest BCUT2D eigenvalue weighted by atomic mass is 32.1. The molecule has 0 fully saturated rings. The zero-order valence-electron chi connectivity index (χ0n) is 14.5. The van der Waals surface area contributed by atoms with Gasteiger partial charge in [0.2, 0.25) is 6.79 Å². The summed E-state index contributed by atoms with van der Waals surface area (Å²) in [6.07, 6.45) is 0. The number of benzene rings is 1. The molecule has 7 nitrogen and oxygen atoms in total. The zero-order valence-corrected chi connectivity index (χ0v) is 15.4. The molecule has 1 aliphatic rings. The van der Waals surface area contributed by atoms with Crippen molar-refractivity contribution >= 4 is 28.8 Å². The third-order valence-electron chi connectivity index (χ3n) is 4.02.